The van der Waals surface area contributed by atoms with E-state index in [1.807, 2.05) is 30.3 Å². The minimum Gasteiger partial charge on any atom is -0.451 e. The van der Waals surface area contributed by atoms with Gasteiger partial charge in [-0.15, -0.1) is 0 Å². The Hall–Kier alpha value is -2.97. The number of rotatable bonds is 5. The van der Waals surface area contributed by atoms with E-state index >= 15 is 0 Å². The fourth-order valence-corrected chi connectivity index (χ4v) is 3.91. The number of nitrogens with one attached hydrogen (secondary N) is 1. The molecule has 0 bridgehead atoms. The van der Waals surface area contributed by atoms with Gasteiger partial charge in [0.15, 0.2) is 11.2 Å². The van der Waals surface area contributed by atoms with Crippen molar-refractivity contribution in [3.63, 3.8) is 0 Å². The molecule has 1 amide bonds. The Morgan fingerprint density at radius 2 is 1.89 bits per heavy atom. The number of amides is 1. The highest BCUT2D eigenvalue weighted by atomic mass is 32.2. The number of hydrogen-bond donors (Lipinski definition) is 1. The van der Waals surface area contributed by atoms with Gasteiger partial charge in [0.25, 0.3) is 5.91 Å². The molecule has 2 aromatic heterocycles. The maximum absolute atomic E-state index is 12.4. The molecule has 27 heavy (non-hydrogen) atoms. The summed E-state index contributed by atoms with van der Waals surface area (Å²) in [5, 5.41) is 4.00. The quantitative estimate of drug-likeness (QED) is 0.510. The van der Waals surface area contributed by atoms with Crippen LogP contribution in [0.15, 0.2) is 75.0 Å². The molecular formula is C19H13N3O3S2. The number of para-hydroxylation sites is 1. The normalized spacial score (nSPS) is 10.8. The van der Waals surface area contributed by atoms with E-state index in [0.717, 1.165) is 17.3 Å². The van der Waals surface area contributed by atoms with Crippen molar-refractivity contribution < 1.29 is 9.21 Å². The summed E-state index contributed by atoms with van der Waals surface area (Å²) in [7, 11) is 0. The van der Waals surface area contributed by atoms with Crippen LogP contribution in [0.2, 0.25) is 0 Å². The van der Waals surface area contributed by atoms with E-state index in [4.69, 9.17) is 4.42 Å². The Bertz CT molecular complexity index is 1160. The summed E-state index contributed by atoms with van der Waals surface area (Å²) in [6, 6.07) is 18.0. The highest BCUT2D eigenvalue weighted by molar-refractivity contribution is 7.98. The first-order valence-electron chi connectivity index (χ1n) is 8.04. The minimum absolute atomic E-state index is 0.0626. The average molecular weight is 395 g/mol. The fourth-order valence-electron chi connectivity index (χ4n) is 2.42. The van der Waals surface area contributed by atoms with E-state index in [1.165, 1.54) is 23.4 Å². The van der Waals surface area contributed by atoms with Gasteiger partial charge >= 0.3 is 0 Å². The summed E-state index contributed by atoms with van der Waals surface area (Å²) in [6.45, 7) is 0. The topological polar surface area (TPSA) is 85.1 Å². The van der Waals surface area contributed by atoms with Crippen molar-refractivity contribution in [3.8, 4) is 0 Å². The third-order valence-electron chi connectivity index (χ3n) is 3.70. The van der Waals surface area contributed by atoms with Crippen molar-refractivity contribution in [2.24, 2.45) is 0 Å². The summed E-state index contributed by atoms with van der Waals surface area (Å²) in [5.41, 5.74) is 1.27. The summed E-state index contributed by atoms with van der Waals surface area (Å²) in [6.07, 6.45) is 0. The molecule has 2 aromatic carbocycles. The van der Waals surface area contributed by atoms with E-state index < -0.39 is 5.91 Å². The summed E-state index contributed by atoms with van der Waals surface area (Å²) in [4.78, 5) is 28.8. The highest BCUT2D eigenvalue weighted by Gasteiger charge is 2.15. The van der Waals surface area contributed by atoms with Crippen molar-refractivity contribution >= 4 is 45.3 Å². The first kappa shape index (κ1) is 17.4. The zero-order chi connectivity index (χ0) is 18.6. The van der Waals surface area contributed by atoms with Crippen LogP contribution in [0, 0.1) is 0 Å². The van der Waals surface area contributed by atoms with Gasteiger partial charge in [0, 0.05) is 23.4 Å². The number of benzene rings is 2. The number of anilines is 1. The lowest BCUT2D eigenvalue weighted by atomic mass is 10.2. The van der Waals surface area contributed by atoms with Crippen LogP contribution in [0.1, 0.15) is 16.1 Å². The second-order valence-corrected chi connectivity index (χ2v) is 7.28. The second kappa shape index (κ2) is 7.73. The molecule has 2 heterocycles. The summed E-state index contributed by atoms with van der Waals surface area (Å²) in [5.74, 6) is 0.144. The predicted octanol–water partition coefficient (Wildman–Crippen LogP) is 4.19. The zero-order valence-corrected chi connectivity index (χ0v) is 15.5. The molecule has 8 heteroatoms. The number of carbonyl (C=O) groups excluding carboxylic acids is 1. The maximum atomic E-state index is 12.4. The number of hydrogen-bond acceptors (Lipinski definition) is 7. The van der Waals surface area contributed by atoms with E-state index in [-0.39, 0.29) is 11.2 Å². The molecule has 0 saturated heterocycles. The van der Waals surface area contributed by atoms with Crippen LogP contribution in [0.4, 0.5) is 5.13 Å². The molecule has 0 aliphatic rings. The van der Waals surface area contributed by atoms with E-state index in [0.29, 0.717) is 21.3 Å². The number of fused-ring (bicyclic) bond motifs is 1. The minimum atomic E-state index is -0.534. The monoisotopic (exact) mass is 395 g/mol. The molecule has 0 spiro atoms. The van der Waals surface area contributed by atoms with Crippen molar-refractivity contribution in [1.82, 2.24) is 9.36 Å². The zero-order valence-electron chi connectivity index (χ0n) is 13.9. The molecule has 0 unspecified atom stereocenters. The number of thioether (sulfide) groups is 1. The van der Waals surface area contributed by atoms with Gasteiger partial charge in [-0.25, -0.2) is 0 Å². The Labute approximate surface area is 162 Å². The molecule has 1 N–H and O–H groups in total. The van der Waals surface area contributed by atoms with Gasteiger partial charge < -0.3 is 4.42 Å². The smallest absolute Gasteiger partial charge is 0.293 e. The molecule has 0 atom stereocenters. The maximum Gasteiger partial charge on any atom is 0.293 e. The van der Waals surface area contributed by atoms with Crippen molar-refractivity contribution in [2.75, 3.05) is 5.32 Å². The number of aromatic nitrogens is 2. The molecule has 134 valence electrons. The Kier molecular flexibility index (Phi) is 4.99. The third kappa shape index (κ3) is 4.07. The van der Waals surface area contributed by atoms with Gasteiger partial charge in [0.05, 0.1) is 5.39 Å². The SMILES string of the molecule is O=C(Nc1nc(SCc2ccccc2)ns1)c1cc(=O)c2ccccc2o1. The summed E-state index contributed by atoms with van der Waals surface area (Å²) < 4.78 is 9.76. The summed E-state index contributed by atoms with van der Waals surface area (Å²) >= 11 is 2.57. The van der Waals surface area contributed by atoms with Crippen molar-refractivity contribution in [2.45, 2.75) is 10.9 Å². The van der Waals surface area contributed by atoms with E-state index in [9.17, 15) is 9.59 Å². The third-order valence-corrected chi connectivity index (χ3v) is 5.36. The van der Waals surface area contributed by atoms with Crippen molar-refractivity contribution in [1.29, 1.82) is 0 Å². The first-order valence-corrected chi connectivity index (χ1v) is 9.79. The number of nitrogens with zero attached hydrogens (tertiary/aromatic N) is 2. The molecule has 0 radical (unpaired) electrons. The lowest BCUT2D eigenvalue weighted by molar-refractivity contribution is 0.0997. The molecular weight excluding hydrogens is 382 g/mol. The van der Waals surface area contributed by atoms with E-state index in [1.54, 1.807) is 24.3 Å². The van der Waals surface area contributed by atoms with Crippen LogP contribution in [0.3, 0.4) is 0 Å². The van der Waals surface area contributed by atoms with Crippen LogP contribution in [0.25, 0.3) is 11.0 Å². The van der Waals surface area contributed by atoms with E-state index in [2.05, 4.69) is 14.7 Å². The van der Waals surface area contributed by atoms with Crippen LogP contribution < -0.4 is 10.7 Å². The fraction of sp³-hybridized carbons (Fsp3) is 0.0526. The second-order valence-electron chi connectivity index (χ2n) is 5.58. The molecule has 0 aliphatic heterocycles. The molecule has 6 nitrogen and oxygen atoms in total. The molecule has 0 saturated carbocycles. The molecule has 4 aromatic rings. The van der Waals surface area contributed by atoms with Gasteiger partial charge in [0.2, 0.25) is 10.3 Å². The molecule has 0 fully saturated rings. The Balaban J connectivity index is 1.46. The van der Waals surface area contributed by atoms with Gasteiger partial charge in [-0.2, -0.15) is 9.36 Å². The largest absolute Gasteiger partial charge is 0.451 e. The highest BCUT2D eigenvalue weighted by Crippen LogP contribution is 2.24. The van der Waals surface area contributed by atoms with Crippen molar-refractivity contribution in [3.05, 3.63) is 82.2 Å². The number of carbonyl (C=O) groups is 1. The Morgan fingerprint density at radius 3 is 2.74 bits per heavy atom. The van der Waals surface area contributed by atoms with Crippen LogP contribution in [-0.4, -0.2) is 15.3 Å². The van der Waals surface area contributed by atoms with Gasteiger partial charge in [-0.05, 0) is 17.7 Å². The molecule has 4 rings (SSSR count). The average Bonchev–Trinajstić information content (AvgIpc) is 3.14. The van der Waals surface area contributed by atoms with Crippen LogP contribution >= 0.6 is 23.3 Å². The van der Waals surface area contributed by atoms with Gasteiger partial charge in [-0.3, -0.25) is 14.9 Å². The van der Waals surface area contributed by atoms with Gasteiger partial charge in [-0.1, -0.05) is 54.2 Å². The Morgan fingerprint density at radius 1 is 1.11 bits per heavy atom. The van der Waals surface area contributed by atoms with Gasteiger partial charge in [0.1, 0.15) is 5.58 Å². The molecule has 0 aliphatic carbocycles. The lowest BCUT2D eigenvalue weighted by Gasteiger charge is -2.02. The predicted molar refractivity (Wildman–Crippen MR) is 106 cm³/mol. The van der Waals surface area contributed by atoms with Crippen LogP contribution in [-0.2, 0) is 5.75 Å². The van der Waals surface area contributed by atoms with Crippen LogP contribution in [0.5, 0.6) is 0 Å². The standard InChI is InChI=1S/C19H13N3O3S2/c23-14-10-16(25-15-9-5-4-8-13(14)15)17(24)20-18-21-19(22-27-18)26-11-12-6-2-1-3-7-12/h1-10H,11H2,(H,20,21,22,24). The lowest BCUT2D eigenvalue weighted by Crippen LogP contribution is -2.14. The first-order chi connectivity index (χ1) is 13.2.